The molecular weight excluding hydrogens is 472 g/mol. The van der Waals surface area contributed by atoms with Crippen molar-refractivity contribution >= 4 is 35.9 Å². The smallest absolute Gasteiger partial charge is 0.303 e. The Morgan fingerprint density at radius 2 is 1.66 bits per heavy atom. The molecule has 4 amide bonds. The fourth-order valence-electron chi connectivity index (χ4n) is 2.85. The number of carbonyl (C=O) groups is 6. The largest absolute Gasteiger partial charge is 0.481 e. The summed E-state index contributed by atoms with van der Waals surface area (Å²) in [7, 11) is 0. The average molecular weight is 507 g/mol. The molecule has 3 unspecified atom stereocenters. The van der Waals surface area contributed by atoms with Gasteiger partial charge in [0, 0.05) is 19.4 Å². The van der Waals surface area contributed by atoms with Crippen molar-refractivity contribution in [3.05, 3.63) is 0 Å². The number of carboxylic acid groups (broad SMARTS) is 1. The summed E-state index contributed by atoms with van der Waals surface area (Å²) in [6, 6.07) is -3.49. The molecule has 0 bridgehead atoms. The maximum atomic E-state index is 12.4. The van der Waals surface area contributed by atoms with Gasteiger partial charge in [-0.3, -0.25) is 24.0 Å². The van der Waals surface area contributed by atoms with Crippen LogP contribution in [0.25, 0.3) is 0 Å². The molecule has 0 saturated heterocycles. The normalized spacial score (nSPS) is 17.0. The fraction of sp³-hybridized carbons (Fsp3) is 0.700. The third kappa shape index (κ3) is 11.7. The number of carboxylic acids is 1. The van der Waals surface area contributed by atoms with E-state index < -0.39 is 91.6 Å². The van der Waals surface area contributed by atoms with E-state index >= 15 is 0 Å². The molecule has 0 radical (unpaired) electrons. The Hall–Kier alpha value is -3.14. The summed E-state index contributed by atoms with van der Waals surface area (Å²) in [5.41, 5.74) is 5.18. The molecule has 9 N–H and O–H groups in total. The predicted molar refractivity (Wildman–Crippen MR) is 117 cm³/mol. The van der Waals surface area contributed by atoms with Gasteiger partial charge in [-0.15, -0.1) is 0 Å². The van der Waals surface area contributed by atoms with Crippen molar-refractivity contribution in [3.8, 4) is 0 Å². The van der Waals surface area contributed by atoms with Crippen LogP contribution >= 0.6 is 0 Å². The number of hydrogen-bond donors (Lipinski definition) is 8. The van der Waals surface area contributed by atoms with Crippen LogP contribution in [0.5, 0.6) is 0 Å². The number of amides is 4. The molecule has 0 aromatic carbocycles. The number of hydrogen-bond acceptors (Lipinski definition) is 10. The molecule has 15 heteroatoms. The molecule has 0 aliphatic rings. The van der Waals surface area contributed by atoms with Gasteiger partial charge >= 0.3 is 5.97 Å². The number of carbonyl (C=O) groups excluding carboxylic acids is 5. The minimum atomic E-state index is -1.84. The molecule has 0 aliphatic heterocycles. The van der Waals surface area contributed by atoms with Crippen LogP contribution in [0.1, 0.15) is 33.6 Å². The van der Waals surface area contributed by atoms with Crippen LogP contribution in [0.2, 0.25) is 0 Å². The van der Waals surface area contributed by atoms with Crippen LogP contribution in [0, 0.1) is 5.92 Å². The van der Waals surface area contributed by atoms with Gasteiger partial charge in [0.2, 0.25) is 23.6 Å². The molecule has 0 spiro atoms. The van der Waals surface area contributed by atoms with E-state index in [2.05, 4.69) is 16.0 Å². The Kier molecular flexibility index (Phi) is 14.3. The fourth-order valence-corrected chi connectivity index (χ4v) is 2.85. The Morgan fingerprint density at radius 1 is 1.06 bits per heavy atom. The number of aliphatic hydroxyl groups excluding tert-OH is 3. The molecule has 0 heterocycles. The lowest BCUT2D eigenvalue weighted by Crippen LogP contribution is -2.55. The maximum absolute atomic E-state index is 12.4. The van der Waals surface area contributed by atoms with Gasteiger partial charge in [0.25, 0.3) is 0 Å². The monoisotopic (exact) mass is 506 g/mol. The van der Waals surface area contributed by atoms with Gasteiger partial charge in [0.1, 0.15) is 43.3 Å². The summed E-state index contributed by atoms with van der Waals surface area (Å²) >= 11 is 0. The summed E-state index contributed by atoms with van der Waals surface area (Å²) in [6.07, 6.45) is -5.55. The van der Waals surface area contributed by atoms with E-state index in [1.807, 2.05) is 0 Å². The van der Waals surface area contributed by atoms with Crippen LogP contribution in [-0.2, 0) is 33.5 Å². The molecule has 0 aromatic heterocycles. The highest BCUT2D eigenvalue weighted by Gasteiger charge is 2.35. The lowest BCUT2D eigenvalue weighted by molar-refractivity contribution is -0.146. The summed E-state index contributed by atoms with van der Waals surface area (Å²) in [5.74, 6) is -5.13. The molecule has 0 rings (SSSR count). The second-order valence-electron chi connectivity index (χ2n) is 7.92. The summed E-state index contributed by atoms with van der Waals surface area (Å²) < 4.78 is 5.24. The van der Waals surface area contributed by atoms with E-state index in [1.165, 1.54) is 13.8 Å². The molecule has 0 aromatic rings. The zero-order valence-electron chi connectivity index (χ0n) is 19.7. The summed E-state index contributed by atoms with van der Waals surface area (Å²) in [6.45, 7) is 2.34. The van der Waals surface area contributed by atoms with Crippen LogP contribution in [0.3, 0.4) is 0 Å². The zero-order valence-corrected chi connectivity index (χ0v) is 19.7. The number of primary amides is 1. The van der Waals surface area contributed by atoms with Crippen molar-refractivity contribution in [2.45, 2.75) is 70.1 Å². The van der Waals surface area contributed by atoms with Gasteiger partial charge in [-0.25, -0.2) is 0 Å². The second kappa shape index (κ2) is 15.7. The predicted octanol–water partition coefficient (Wildman–Crippen LogP) is -4.23. The first-order chi connectivity index (χ1) is 16.2. The van der Waals surface area contributed by atoms with Gasteiger partial charge < -0.3 is 51.6 Å². The van der Waals surface area contributed by atoms with E-state index in [4.69, 9.17) is 20.7 Å². The number of nitrogens with two attached hydrogens (primary N) is 1. The number of aliphatic carboxylic acids is 1. The number of aliphatic hydroxyl groups is 3. The zero-order chi connectivity index (χ0) is 27.3. The maximum Gasteiger partial charge on any atom is 0.303 e. The van der Waals surface area contributed by atoms with Gasteiger partial charge in [0.05, 0.1) is 12.5 Å². The molecule has 35 heavy (non-hydrogen) atoms. The number of nitrogens with one attached hydrogen (secondary N) is 3. The van der Waals surface area contributed by atoms with Crippen molar-refractivity contribution in [1.29, 1.82) is 0 Å². The van der Waals surface area contributed by atoms with E-state index in [-0.39, 0.29) is 12.7 Å². The standard InChI is InChI=1S/C20H34N4O11/c1-9(20(34)24-12(19(21)33)4-5-16(30)31)10(2)22-15(29)8-35-18(17(32)14(28)7-26)13(6-25)23-11(3)27/h6,9-10,12-14,17-18,26,28,32H,4-5,7-8H2,1-3H3,(H2,21,33)(H,22,29)(H,23,27)(H,24,34)(H,30,31)/t9?,10?,12?,13-,14+,17+,18+/m0/s1. The Bertz CT molecular complexity index is 763. The van der Waals surface area contributed by atoms with Gasteiger partial charge in [-0.05, 0) is 13.3 Å². The van der Waals surface area contributed by atoms with E-state index in [9.17, 15) is 39.0 Å². The third-order valence-corrected chi connectivity index (χ3v) is 5.05. The van der Waals surface area contributed by atoms with Crippen molar-refractivity contribution < 1.29 is 53.9 Å². The van der Waals surface area contributed by atoms with Crippen LogP contribution in [-0.4, -0.2) is 106 Å². The molecule has 200 valence electrons. The Morgan fingerprint density at radius 3 is 2.11 bits per heavy atom. The van der Waals surface area contributed by atoms with Gasteiger partial charge in [-0.2, -0.15) is 0 Å². The van der Waals surface area contributed by atoms with Gasteiger partial charge in [-0.1, -0.05) is 6.92 Å². The summed E-state index contributed by atoms with van der Waals surface area (Å²) in [5, 5.41) is 44.6. The molecule has 0 saturated carbocycles. The quantitative estimate of drug-likeness (QED) is 0.0877. The topological polar surface area (TPSA) is 255 Å². The first kappa shape index (κ1) is 31.9. The van der Waals surface area contributed by atoms with Crippen molar-refractivity contribution in [1.82, 2.24) is 16.0 Å². The van der Waals surface area contributed by atoms with E-state index in [0.29, 0.717) is 0 Å². The van der Waals surface area contributed by atoms with Crippen LogP contribution in [0.15, 0.2) is 0 Å². The lowest BCUT2D eigenvalue weighted by atomic mass is 10.0. The second-order valence-corrected chi connectivity index (χ2v) is 7.92. The van der Waals surface area contributed by atoms with Gasteiger partial charge in [0.15, 0.2) is 0 Å². The minimum absolute atomic E-state index is 0.215. The SMILES string of the molecule is CC(=O)N[C@@H](C=O)[C@@H](OCC(=O)NC(C)C(C)C(=O)NC(CCC(=O)O)C(N)=O)[C@H](O)[C@H](O)CO. The molecule has 7 atom stereocenters. The number of rotatable bonds is 17. The minimum Gasteiger partial charge on any atom is -0.481 e. The van der Waals surface area contributed by atoms with Crippen molar-refractivity contribution in [3.63, 3.8) is 0 Å². The molecule has 0 aliphatic carbocycles. The number of ether oxygens (including phenoxy) is 1. The number of aldehydes is 1. The van der Waals surface area contributed by atoms with E-state index in [1.54, 1.807) is 0 Å². The first-order valence-corrected chi connectivity index (χ1v) is 10.7. The highest BCUT2D eigenvalue weighted by atomic mass is 16.5. The van der Waals surface area contributed by atoms with Crippen LogP contribution < -0.4 is 21.7 Å². The lowest BCUT2D eigenvalue weighted by Gasteiger charge is -2.30. The third-order valence-electron chi connectivity index (χ3n) is 5.05. The highest BCUT2D eigenvalue weighted by Crippen LogP contribution is 2.10. The van der Waals surface area contributed by atoms with Crippen molar-refractivity contribution in [2.75, 3.05) is 13.2 Å². The van der Waals surface area contributed by atoms with Crippen LogP contribution in [0.4, 0.5) is 0 Å². The highest BCUT2D eigenvalue weighted by molar-refractivity contribution is 5.88. The average Bonchev–Trinajstić information content (AvgIpc) is 2.78. The Balaban J connectivity index is 5.11. The molecule has 15 nitrogen and oxygen atoms in total. The van der Waals surface area contributed by atoms with Crippen molar-refractivity contribution in [2.24, 2.45) is 11.7 Å². The Labute approximate surface area is 201 Å². The summed E-state index contributed by atoms with van der Waals surface area (Å²) in [4.78, 5) is 69.5. The molecule has 0 fully saturated rings. The molecular formula is C20H34N4O11. The van der Waals surface area contributed by atoms with E-state index in [0.717, 1.165) is 6.92 Å². The first-order valence-electron chi connectivity index (χ1n) is 10.7.